The van der Waals surface area contributed by atoms with Crippen LogP contribution in [-0.2, 0) is 9.53 Å². The van der Waals surface area contributed by atoms with E-state index in [-0.39, 0.29) is 11.6 Å². The van der Waals surface area contributed by atoms with Crippen molar-refractivity contribution in [2.75, 3.05) is 0 Å². The number of hydrogen-bond acceptors (Lipinski definition) is 2. The maximum atomic E-state index is 11.1. The van der Waals surface area contributed by atoms with Gasteiger partial charge in [0.05, 0.1) is 0 Å². The van der Waals surface area contributed by atoms with Gasteiger partial charge in [0.2, 0.25) is 0 Å². The van der Waals surface area contributed by atoms with Crippen LogP contribution in [0, 0.1) is 5.92 Å². The molecule has 0 aromatic carbocycles. The summed E-state index contributed by atoms with van der Waals surface area (Å²) in [6.07, 6.45) is 5.30. The van der Waals surface area contributed by atoms with E-state index in [9.17, 15) is 4.79 Å². The van der Waals surface area contributed by atoms with Crippen molar-refractivity contribution < 1.29 is 9.53 Å². The molecule has 0 saturated heterocycles. The summed E-state index contributed by atoms with van der Waals surface area (Å²) in [7, 11) is 0. The van der Waals surface area contributed by atoms with Gasteiger partial charge in [0.15, 0.2) is 0 Å². The lowest BCUT2D eigenvalue weighted by Crippen LogP contribution is -2.30. The first-order valence-electron chi connectivity index (χ1n) is 5.79. The van der Waals surface area contributed by atoms with Gasteiger partial charge in [-0.15, -0.1) is 0 Å². The van der Waals surface area contributed by atoms with Gasteiger partial charge in [-0.2, -0.15) is 0 Å². The smallest absolute Gasteiger partial charge is 0.330 e. The topological polar surface area (TPSA) is 26.3 Å². The molecule has 0 heterocycles. The van der Waals surface area contributed by atoms with Gasteiger partial charge in [0.25, 0.3) is 0 Å². The molecule has 88 valence electrons. The lowest BCUT2D eigenvalue weighted by Gasteiger charge is -2.28. The lowest BCUT2D eigenvalue weighted by molar-refractivity contribution is -0.152. The third-order valence-corrected chi connectivity index (χ3v) is 2.75. The van der Waals surface area contributed by atoms with Gasteiger partial charge in [-0.1, -0.05) is 33.8 Å². The molecular weight excluding hydrogens is 188 g/mol. The van der Waals surface area contributed by atoms with Crippen LogP contribution in [0.15, 0.2) is 12.7 Å². The van der Waals surface area contributed by atoms with Gasteiger partial charge < -0.3 is 4.74 Å². The predicted octanol–water partition coefficient (Wildman–Crippen LogP) is 3.71. The molecule has 0 aromatic rings. The van der Waals surface area contributed by atoms with E-state index >= 15 is 0 Å². The van der Waals surface area contributed by atoms with E-state index in [4.69, 9.17) is 4.74 Å². The highest BCUT2D eigenvalue weighted by Crippen LogP contribution is 2.24. The zero-order valence-electron chi connectivity index (χ0n) is 10.5. The summed E-state index contributed by atoms with van der Waals surface area (Å²) in [5.74, 6) is 0.394. The van der Waals surface area contributed by atoms with Crippen molar-refractivity contribution in [3.05, 3.63) is 12.7 Å². The highest BCUT2D eigenvalue weighted by Gasteiger charge is 2.25. The van der Waals surface area contributed by atoms with Gasteiger partial charge in [-0.25, -0.2) is 4.79 Å². The summed E-state index contributed by atoms with van der Waals surface area (Å²) in [5, 5.41) is 0. The molecule has 0 N–H and O–H groups in total. The van der Waals surface area contributed by atoms with Crippen molar-refractivity contribution in [2.24, 2.45) is 5.92 Å². The zero-order valence-corrected chi connectivity index (χ0v) is 10.5. The Labute approximate surface area is 93.7 Å². The van der Waals surface area contributed by atoms with E-state index in [1.54, 1.807) is 0 Å². The molecule has 1 atom stereocenters. The van der Waals surface area contributed by atoms with Crippen molar-refractivity contribution in [3.8, 4) is 0 Å². The number of rotatable bonds is 7. The highest BCUT2D eigenvalue weighted by atomic mass is 16.6. The molecule has 15 heavy (non-hydrogen) atoms. The summed E-state index contributed by atoms with van der Waals surface area (Å²) in [4.78, 5) is 11.1. The number of hydrogen-bond donors (Lipinski definition) is 0. The zero-order chi connectivity index (χ0) is 11.9. The second kappa shape index (κ2) is 6.65. The number of esters is 1. The van der Waals surface area contributed by atoms with Crippen LogP contribution < -0.4 is 0 Å². The maximum absolute atomic E-state index is 11.1. The van der Waals surface area contributed by atoms with E-state index in [0.29, 0.717) is 5.92 Å². The summed E-state index contributed by atoms with van der Waals surface area (Å²) in [6, 6.07) is 0. The Morgan fingerprint density at radius 3 is 2.53 bits per heavy atom. The molecule has 0 radical (unpaired) electrons. The van der Waals surface area contributed by atoms with Gasteiger partial charge in [-0.3, -0.25) is 0 Å². The Balaban J connectivity index is 4.06. The van der Waals surface area contributed by atoms with Gasteiger partial charge in [0, 0.05) is 6.08 Å². The van der Waals surface area contributed by atoms with Crippen LogP contribution in [0.5, 0.6) is 0 Å². The van der Waals surface area contributed by atoms with Crippen LogP contribution in [0.3, 0.4) is 0 Å². The van der Waals surface area contributed by atoms with Crippen molar-refractivity contribution >= 4 is 5.97 Å². The summed E-state index contributed by atoms with van der Waals surface area (Å²) >= 11 is 0. The largest absolute Gasteiger partial charge is 0.456 e. The quantitative estimate of drug-likeness (QED) is 0.475. The first-order valence-corrected chi connectivity index (χ1v) is 5.79. The Bertz CT molecular complexity index is 209. The molecule has 0 spiro atoms. The molecule has 0 aliphatic carbocycles. The van der Waals surface area contributed by atoms with Crippen molar-refractivity contribution in [1.29, 1.82) is 0 Å². The fourth-order valence-electron chi connectivity index (χ4n) is 1.47. The third kappa shape index (κ3) is 6.32. The Kier molecular flexibility index (Phi) is 6.30. The van der Waals surface area contributed by atoms with E-state index in [0.717, 1.165) is 19.3 Å². The number of carbonyl (C=O) groups excluding carboxylic acids is 1. The monoisotopic (exact) mass is 212 g/mol. The fraction of sp³-hybridized carbons (Fsp3) is 0.769. The van der Waals surface area contributed by atoms with Crippen molar-refractivity contribution in [3.63, 3.8) is 0 Å². The maximum Gasteiger partial charge on any atom is 0.330 e. The third-order valence-electron chi connectivity index (χ3n) is 2.75. The summed E-state index contributed by atoms with van der Waals surface area (Å²) in [6.45, 7) is 11.9. The van der Waals surface area contributed by atoms with Crippen molar-refractivity contribution in [1.82, 2.24) is 0 Å². The molecule has 0 bridgehead atoms. The van der Waals surface area contributed by atoms with Crippen LogP contribution in [-0.4, -0.2) is 11.6 Å². The lowest BCUT2D eigenvalue weighted by atomic mass is 9.93. The van der Waals surface area contributed by atoms with E-state index in [2.05, 4.69) is 20.4 Å². The minimum absolute atomic E-state index is 0.316. The second-order valence-electron chi connectivity index (χ2n) is 4.71. The molecule has 0 saturated carbocycles. The van der Waals surface area contributed by atoms with Crippen LogP contribution in [0.4, 0.5) is 0 Å². The molecule has 0 aromatic heterocycles. The minimum Gasteiger partial charge on any atom is -0.456 e. The van der Waals surface area contributed by atoms with Crippen LogP contribution in [0.25, 0.3) is 0 Å². The Hall–Kier alpha value is -0.790. The van der Waals surface area contributed by atoms with Crippen LogP contribution in [0.1, 0.15) is 53.4 Å². The van der Waals surface area contributed by atoms with Crippen molar-refractivity contribution in [2.45, 2.75) is 59.0 Å². The molecule has 0 rings (SSSR count). The standard InChI is InChI=1S/C13H24O2/c1-6-12(14)15-13(5,7-2)10-8-9-11(3)4/h6,11H,1,7-10H2,2-5H3. The summed E-state index contributed by atoms with van der Waals surface area (Å²) < 4.78 is 5.36. The Morgan fingerprint density at radius 1 is 1.53 bits per heavy atom. The highest BCUT2D eigenvalue weighted by molar-refractivity contribution is 5.81. The fourth-order valence-corrected chi connectivity index (χ4v) is 1.47. The normalized spacial score (nSPS) is 14.7. The van der Waals surface area contributed by atoms with E-state index in [1.807, 2.05) is 13.8 Å². The molecular formula is C13H24O2. The first kappa shape index (κ1) is 14.2. The molecule has 1 unspecified atom stereocenters. The van der Waals surface area contributed by atoms with E-state index < -0.39 is 0 Å². The van der Waals surface area contributed by atoms with Crippen LogP contribution in [0.2, 0.25) is 0 Å². The van der Waals surface area contributed by atoms with Gasteiger partial charge >= 0.3 is 5.97 Å². The predicted molar refractivity (Wildman–Crippen MR) is 63.7 cm³/mol. The molecule has 0 aliphatic rings. The number of carbonyl (C=O) groups is 1. The van der Waals surface area contributed by atoms with E-state index in [1.165, 1.54) is 12.5 Å². The molecule has 0 aliphatic heterocycles. The van der Waals surface area contributed by atoms with Gasteiger partial charge in [-0.05, 0) is 32.1 Å². The minimum atomic E-state index is -0.319. The van der Waals surface area contributed by atoms with Crippen LogP contribution >= 0.6 is 0 Å². The Morgan fingerprint density at radius 2 is 2.13 bits per heavy atom. The average Bonchev–Trinajstić information content (AvgIpc) is 2.17. The average molecular weight is 212 g/mol. The number of ether oxygens (including phenoxy) is 1. The molecule has 2 nitrogen and oxygen atoms in total. The SMILES string of the molecule is C=CC(=O)OC(C)(CC)CCCC(C)C. The second-order valence-corrected chi connectivity index (χ2v) is 4.71. The van der Waals surface area contributed by atoms with Gasteiger partial charge in [0.1, 0.15) is 5.60 Å². The molecule has 2 heteroatoms. The summed E-state index contributed by atoms with van der Waals surface area (Å²) in [5.41, 5.74) is -0.319. The molecule has 0 fully saturated rings. The first-order chi connectivity index (χ1) is 6.93. The molecule has 0 amide bonds.